The van der Waals surface area contributed by atoms with Gasteiger partial charge in [-0.15, -0.1) is 0 Å². The average molecular weight is 285 g/mol. The Balaban J connectivity index is 2.15. The van der Waals surface area contributed by atoms with Crippen LogP contribution < -0.4 is 21.5 Å². The zero-order valence-electron chi connectivity index (χ0n) is 9.51. The molecule has 0 aliphatic rings. The number of rotatable bonds is 4. The minimum Gasteiger partial charge on any atom is -0.383 e. The van der Waals surface area contributed by atoms with Gasteiger partial charge in [0.25, 0.3) is 10.9 Å². The highest BCUT2D eigenvalue weighted by Crippen LogP contribution is 2.22. The maximum atomic E-state index is 11.3. The molecule has 94 valence electrons. The molecule has 0 atom stereocenters. The summed E-state index contributed by atoms with van der Waals surface area (Å²) in [5.74, 6) is 0. The van der Waals surface area contributed by atoms with Crippen LogP contribution in [0.2, 0.25) is 10.0 Å². The van der Waals surface area contributed by atoms with Gasteiger partial charge in [0.05, 0.1) is 0 Å². The lowest BCUT2D eigenvalue weighted by Crippen LogP contribution is -2.36. The van der Waals surface area contributed by atoms with E-state index in [2.05, 4.69) is 10.6 Å². The summed E-state index contributed by atoms with van der Waals surface area (Å²) in [5, 5.41) is 6.64. The molecule has 0 radical (unpaired) electrons. The zero-order valence-corrected chi connectivity index (χ0v) is 11.0. The molecule has 2 rings (SSSR count). The molecule has 0 bridgehead atoms. The molecule has 0 fully saturated rings. The van der Waals surface area contributed by atoms with Gasteiger partial charge in [-0.2, -0.15) is 0 Å². The predicted molar refractivity (Wildman–Crippen MR) is 74.7 cm³/mol. The monoisotopic (exact) mass is 284 g/mol. The van der Waals surface area contributed by atoms with Crippen LogP contribution in [0.4, 0.5) is 11.4 Å². The summed E-state index contributed by atoms with van der Waals surface area (Å²) in [6.07, 6.45) is 0. The molecular weight excluding hydrogens is 275 g/mol. The van der Waals surface area contributed by atoms with E-state index in [-0.39, 0.29) is 0 Å². The highest BCUT2D eigenvalue weighted by Gasteiger charge is 2.19. The third-order valence-corrected chi connectivity index (χ3v) is 3.22. The Kier molecular flexibility index (Phi) is 3.59. The van der Waals surface area contributed by atoms with Crippen LogP contribution in [0.3, 0.4) is 0 Å². The van der Waals surface area contributed by atoms with Crippen LogP contribution in [0.15, 0.2) is 27.8 Å². The maximum Gasteiger partial charge on any atom is 0.253 e. The van der Waals surface area contributed by atoms with E-state index in [1.165, 1.54) is 0 Å². The van der Waals surface area contributed by atoms with Gasteiger partial charge in [0.2, 0.25) is 0 Å². The summed E-state index contributed by atoms with van der Waals surface area (Å²) in [6, 6.07) is 5.11. The summed E-state index contributed by atoms with van der Waals surface area (Å²) < 4.78 is 0. The van der Waals surface area contributed by atoms with E-state index in [0.717, 1.165) is 5.56 Å². The fourth-order valence-corrected chi connectivity index (χ4v) is 2.12. The molecule has 6 heteroatoms. The Morgan fingerprint density at radius 3 is 2.39 bits per heavy atom. The molecule has 0 spiro atoms. The predicted octanol–water partition coefficient (Wildman–Crippen LogP) is 2.24. The average Bonchev–Trinajstić information content (AvgIpc) is 2.35. The Bertz CT molecular complexity index is 660. The molecule has 0 aliphatic heterocycles. The Morgan fingerprint density at radius 1 is 1.11 bits per heavy atom. The first kappa shape index (κ1) is 12.9. The second-order valence-electron chi connectivity index (χ2n) is 3.75. The highest BCUT2D eigenvalue weighted by molar-refractivity contribution is 6.35. The first-order chi connectivity index (χ1) is 8.54. The van der Waals surface area contributed by atoms with Crippen molar-refractivity contribution < 1.29 is 0 Å². The van der Waals surface area contributed by atoms with Crippen LogP contribution >= 0.6 is 23.2 Å². The lowest BCUT2D eigenvalue weighted by atomic mass is 10.1. The Hall–Kier alpha value is -1.52. The molecule has 0 saturated heterocycles. The normalized spacial score (nSPS) is 10.6. The van der Waals surface area contributed by atoms with Crippen molar-refractivity contribution in [2.45, 2.75) is 6.54 Å². The second kappa shape index (κ2) is 5.00. The van der Waals surface area contributed by atoms with Crippen LogP contribution in [-0.4, -0.2) is 7.05 Å². The molecule has 4 nitrogen and oxygen atoms in total. The fraction of sp³-hybridized carbons (Fsp3) is 0.167. The number of halogens is 2. The zero-order chi connectivity index (χ0) is 13.3. The summed E-state index contributed by atoms with van der Waals surface area (Å²) in [4.78, 5) is 22.5. The standard InChI is InChI=1S/C12H10Cl2N2O2/c1-15-9-10(12(18)11(9)17)16-5-6-2-3-7(13)4-8(6)14/h2-4,15-16H,5H2,1H3. The van der Waals surface area contributed by atoms with Crippen LogP contribution in [0.5, 0.6) is 0 Å². The Labute approximate surface area is 113 Å². The topological polar surface area (TPSA) is 58.2 Å². The molecule has 18 heavy (non-hydrogen) atoms. The summed E-state index contributed by atoms with van der Waals surface area (Å²) in [5.41, 5.74) is 0.404. The summed E-state index contributed by atoms with van der Waals surface area (Å²) in [6.45, 7) is 0.357. The van der Waals surface area contributed by atoms with Gasteiger partial charge in [0, 0.05) is 23.6 Å². The van der Waals surface area contributed by atoms with E-state index in [1.807, 2.05) is 0 Å². The lowest BCUT2D eigenvalue weighted by Gasteiger charge is -2.13. The lowest BCUT2D eigenvalue weighted by molar-refractivity contribution is 1.13. The second-order valence-corrected chi connectivity index (χ2v) is 4.59. The minimum atomic E-state index is -0.510. The molecule has 0 aliphatic carbocycles. The number of benzene rings is 1. The third-order valence-electron chi connectivity index (χ3n) is 2.63. The summed E-state index contributed by atoms with van der Waals surface area (Å²) >= 11 is 11.8. The van der Waals surface area contributed by atoms with Gasteiger partial charge in [-0.25, -0.2) is 0 Å². The van der Waals surface area contributed by atoms with Crippen molar-refractivity contribution in [2.24, 2.45) is 0 Å². The molecule has 0 amide bonds. The van der Waals surface area contributed by atoms with E-state index in [4.69, 9.17) is 23.2 Å². The van der Waals surface area contributed by atoms with E-state index in [1.54, 1.807) is 25.2 Å². The number of hydrogen-bond acceptors (Lipinski definition) is 4. The van der Waals surface area contributed by atoms with E-state index in [9.17, 15) is 9.59 Å². The van der Waals surface area contributed by atoms with Crippen LogP contribution in [0.25, 0.3) is 0 Å². The third kappa shape index (κ3) is 2.21. The SMILES string of the molecule is CNc1c(NCc2ccc(Cl)cc2Cl)c(=O)c1=O. The molecule has 2 N–H and O–H groups in total. The first-order valence-electron chi connectivity index (χ1n) is 5.23. The van der Waals surface area contributed by atoms with Gasteiger partial charge < -0.3 is 10.6 Å². The van der Waals surface area contributed by atoms with Crippen molar-refractivity contribution in [1.82, 2.24) is 0 Å². The van der Waals surface area contributed by atoms with Gasteiger partial charge in [-0.05, 0) is 17.7 Å². The Morgan fingerprint density at radius 2 is 1.78 bits per heavy atom. The van der Waals surface area contributed by atoms with Crippen LogP contribution in [0.1, 0.15) is 5.56 Å². The van der Waals surface area contributed by atoms with E-state index >= 15 is 0 Å². The molecule has 0 saturated carbocycles. The van der Waals surface area contributed by atoms with Crippen molar-refractivity contribution in [3.8, 4) is 0 Å². The van der Waals surface area contributed by atoms with Crippen LogP contribution in [-0.2, 0) is 6.54 Å². The quantitative estimate of drug-likeness (QED) is 0.846. The smallest absolute Gasteiger partial charge is 0.253 e. The van der Waals surface area contributed by atoms with Gasteiger partial charge in [0.1, 0.15) is 11.4 Å². The van der Waals surface area contributed by atoms with E-state index < -0.39 is 10.9 Å². The molecular formula is C12H10Cl2N2O2. The molecule has 0 heterocycles. The van der Waals surface area contributed by atoms with Crippen molar-refractivity contribution in [2.75, 3.05) is 17.7 Å². The minimum absolute atomic E-state index is 0.300. The summed E-state index contributed by atoms with van der Waals surface area (Å²) in [7, 11) is 1.59. The van der Waals surface area contributed by atoms with Crippen molar-refractivity contribution >= 4 is 34.6 Å². The molecule has 0 unspecified atom stereocenters. The number of nitrogens with one attached hydrogen (secondary N) is 2. The van der Waals surface area contributed by atoms with Crippen molar-refractivity contribution in [3.05, 3.63) is 54.3 Å². The van der Waals surface area contributed by atoms with Gasteiger partial charge in [-0.1, -0.05) is 29.3 Å². The molecule has 2 aromatic rings. The number of anilines is 2. The maximum absolute atomic E-state index is 11.3. The van der Waals surface area contributed by atoms with Crippen LogP contribution in [0, 0.1) is 0 Å². The van der Waals surface area contributed by atoms with Gasteiger partial charge in [0.15, 0.2) is 0 Å². The first-order valence-corrected chi connectivity index (χ1v) is 5.99. The van der Waals surface area contributed by atoms with Gasteiger partial charge in [-0.3, -0.25) is 9.59 Å². The fourth-order valence-electron chi connectivity index (χ4n) is 1.65. The largest absolute Gasteiger partial charge is 0.383 e. The van der Waals surface area contributed by atoms with Crippen molar-refractivity contribution in [1.29, 1.82) is 0 Å². The van der Waals surface area contributed by atoms with Gasteiger partial charge >= 0.3 is 0 Å². The molecule has 0 aromatic heterocycles. The number of hydrogen-bond donors (Lipinski definition) is 2. The van der Waals surface area contributed by atoms with Crippen molar-refractivity contribution in [3.63, 3.8) is 0 Å². The molecule has 2 aromatic carbocycles. The van der Waals surface area contributed by atoms with E-state index in [0.29, 0.717) is 28.0 Å². The highest BCUT2D eigenvalue weighted by atomic mass is 35.5.